The van der Waals surface area contributed by atoms with Crippen molar-refractivity contribution in [2.75, 3.05) is 20.2 Å². The molecule has 0 radical (unpaired) electrons. The number of imidazole rings is 1. The average Bonchev–Trinajstić information content (AvgIpc) is 2.97. The van der Waals surface area contributed by atoms with E-state index in [1.54, 1.807) is 12.3 Å². The summed E-state index contributed by atoms with van der Waals surface area (Å²) in [6.07, 6.45) is 6.14. The summed E-state index contributed by atoms with van der Waals surface area (Å²) in [4.78, 5) is 18.8. The number of fused-ring (bicyclic) bond motifs is 1. The topological polar surface area (TPSA) is 46.8 Å². The number of aromatic nitrogens is 2. The smallest absolute Gasteiger partial charge is 0.339 e. The predicted octanol–water partition coefficient (Wildman–Crippen LogP) is 2.71. The van der Waals surface area contributed by atoms with Crippen molar-refractivity contribution in [2.24, 2.45) is 0 Å². The molecular formula is C17H23N3O2. The van der Waals surface area contributed by atoms with Crippen molar-refractivity contribution in [3.8, 4) is 0 Å². The molecule has 2 aromatic rings. The van der Waals surface area contributed by atoms with Crippen molar-refractivity contribution < 1.29 is 9.53 Å². The summed E-state index contributed by atoms with van der Waals surface area (Å²) < 4.78 is 6.69. The fraction of sp³-hybridized carbons (Fsp3) is 0.529. The number of rotatable bonds is 3. The maximum Gasteiger partial charge on any atom is 0.339 e. The van der Waals surface area contributed by atoms with Crippen LogP contribution >= 0.6 is 0 Å². The lowest BCUT2D eigenvalue weighted by Gasteiger charge is -2.33. The molecule has 0 spiro atoms. The van der Waals surface area contributed by atoms with Gasteiger partial charge in [-0.15, -0.1) is 0 Å². The van der Waals surface area contributed by atoms with Gasteiger partial charge < -0.3 is 14.0 Å². The van der Waals surface area contributed by atoms with Crippen LogP contribution in [0, 0.1) is 0 Å². The number of carbonyl (C=O) groups excluding carboxylic acids is 1. The lowest BCUT2D eigenvalue weighted by Crippen LogP contribution is -2.37. The monoisotopic (exact) mass is 301 g/mol. The van der Waals surface area contributed by atoms with E-state index >= 15 is 0 Å². The zero-order chi connectivity index (χ0) is 15.7. The molecule has 1 saturated heterocycles. The Balaban J connectivity index is 1.79. The summed E-state index contributed by atoms with van der Waals surface area (Å²) in [6, 6.07) is 4.25. The summed E-state index contributed by atoms with van der Waals surface area (Å²) in [6.45, 7) is 6.76. The molecule has 3 heterocycles. The molecule has 0 saturated carbocycles. The Labute approximate surface area is 130 Å². The average molecular weight is 301 g/mol. The van der Waals surface area contributed by atoms with Gasteiger partial charge in [0, 0.05) is 24.4 Å². The number of likely N-dealkylation sites (tertiary alicyclic amines) is 1. The van der Waals surface area contributed by atoms with Gasteiger partial charge in [-0.1, -0.05) is 0 Å². The third-order valence-corrected chi connectivity index (χ3v) is 4.57. The van der Waals surface area contributed by atoms with Crippen LogP contribution in [0.2, 0.25) is 0 Å². The molecule has 1 aliphatic rings. The van der Waals surface area contributed by atoms with Gasteiger partial charge in [-0.3, -0.25) is 0 Å². The zero-order valence-corrected chi connectivity index (χ0v) is 13.5. The van der Waals surface area contributed by atoms with Gasteiger partial charge in [0.05, 0.1) is 18.4 Å². The van der Waals surface area contributed by atoms with Gasteiger partial charge in [0.1, 0.15) is 5.65 Å². The fourth-order valence-corrected chi connectivity index (χ4v) is 3.16. The zero-order valence-electron chi connectivity index (χ0n) is 13.5. The van der Waals surface area contributed by atoms with Crippen LogP contribution in [0.1, 0.15) is 48.7 Å². The van der Waals surface area contributed by atoms with Crippen LogP contribution < -0.4 is 0 Å². The van der Waals surface area contributed by atoms with Crippen LogP contribution in [0.3, 0.4) is 0 Å². The van der Waals surface area contributed by atoms with Gasteiger partial charge in [0.25, 0.3) is 0 Å². The summed E-state index contributed by atoms with van der Waals surface area (Å²) in [5.74, 6) is 0.193. The molecule has 1 fully saturated rings. The molecule has 0 aromatic carbocycles. The molecule has 0 unspecified atom stereocenters. The minimum absolute atomic E-state index is 0.317. The van der Waals surface area contributed by atoms with Gasteiger partial charge in [0.15, 0.2) is 0 Å². The molecule has 0 N–H and O–H groups in total. The van der Waals surface area contributed by atoms with Gasteiger partial charge >= 0.3 is 5.97 Å². The van der Waals surface area contributed by atoms with E-state index in [4.69, 9.17) is 9.72 Å². The summed E-state index contributed by atoms with van der Waals surface area (Å²) in [5, 5.41) is 0. The Hall–Kier alpha value is -1.88. The summed E-state index contributed by atoms with van der Waals surface area (Å²) in [7, 11) is 1.40. The first-order valence-corrected chi connectivity index (χ1v) is 7.89. The molecule has 0 bridgehead atoms. The van der Waals surface area contributed by atoms with E-state index in [0.29, 0.717) is 17.5 Å². The molecule has 1 aliphatic heterocycles. The number of esters is 1. The van der Waals surface area contributed by atoms with E-state index in [1.807, 2.05) is 10.5 Å². The van der Waals surface area contributed by atoms with Gasteiger partial charge in [-0.05, 0) is 51.9 Å². The first kappa shape index (κ1) is 15.0. The largest absolute Gasteiger partial charge is 0.465 e. The number of nitrogens with zero attached hydrogens (tertiary/aromatic N) is 3. The molecule has 5 heteroatoms. The van der Waals surface area contributed by atoms with E-state index < -0.39 is 0 Å². The van der Waals surface area contributed by atoms with Crippen LogP contribution in [-0.2, 0) is 4.74 Å². The minimum Gasteiger partial charge on any atom is -0.465 e. The second kappa shape index (κ2) is 6.08. The maximum absolute atomic E-state index is 11.6. The molecule has 5 nitrogen and oxygen atoms in total. The number of hydrogen-bond acceptors (Lipinski definition) is 4. The van der Waals surface area contributed by atoms with Crippen molar-refractivity contribution in [1.29, 1.82) is 0 Å². The molecule has 118 valence electrons. The lowest BCUT2D eigenvalue weighted by molar-refractivity contribution is 0.0600. The van der Waals surface area contributed by atoms with E-state index in [9.17, 15) is 4.79 Å². The number of pyridine rings is 1. The fourth-order valence-electron chi connectivity index (χ4n) is 3.16. The van der Waals surface area contributed by atoms with Crippen molar-refractivity contribution in [3.63, 3.8) is 0 Å². The highest BCUT2D eigenvalue weighted by atomic mass is 16.5. The molecule has 0 atom stereocenters. The van der Waals surface area contributed by atoms with Crippen molar-refractivity contribution in [2.45, 2.75) is 38.6 Å². The van der Waals surface area contributed by atoms with Crippen molar-refractivity contribution in [3.05, 3.63) is 35.8 Å². The lowest BCUT2D eigenvalue weighted by atomic mass is 9.93. The van der Waals surface area contributed by atoms with Gasteiger partial charge in [-0.25, -0.2) is 9.78 Å². The molecular weight excluding hydrogens is 278 g/mol. The SMILES string of the molecule is COC(=O)c1ccc2nc(C3CCN(C(C)C)CC3)cn2c1. The Kier molecular flexibility index (Phi) is 4.16. The van der Waals surface area contributed by atoms with E-state index in [-0.39, 0.29) is 5.97 Å². The second-order valence-electron chi connectivity index (χ2n) is 6.24. The Morgan fingerprint density at radius 1 is 1.27 bits per heavy atom. The minimum atomic E-state index is -0.317. The van der Waals surface area contributed by atoms with Crippen LogP contribution in [0.25, 0.3) is 5.65 Å². The Bertz CT molecular complexity index is 670. The van der Waals surface area contributed by atoms with Crippen LogP contribution in [0.4, 0.5) is 0 Å². The van der Waals surface area contributed by atoms with E-state index in [0.717, 1.165) is 37.3 Å². The normalized spacial score (nSPS) is 17.3. The standard InChI is InChI=1S/C17H23N3O2/c1-12(2)19-8-6-13(7-9-19)15-11-20-10-14(17(21)22-3)4-5-16(20)18-15/h4-5,10-13H,6-9H2,1-3H3. The second-order valence-corrected chi connectivity index (χ2v) is 6.24. The third kappa shape index (κ3) is 2.86. The number of hydrogen-bond donors (Lipinski definition) is 0. The van der Waals surface area contributed by atoms with Crippen molar-refractivity contribution >= 4 is 11.6 Å². The number of ether oxygens (including phenoxy) is 1. The Morgan fingerprint density at radius 2 is 2.00 bits per heavy atom. The van der Waals surface area contributed by atoms with E-state index in [2.05, 4.69) is 24.9 Å². The highest BCUT2D eigenvalue weighted by Gasteiger charge is 2.24. The number of carbonyl (C=O) groups is 1. The van der Waals surface area contributed by atoms with Gasteiger partial charge in [-0.2, -0.15) is 0 Å². The first-order valence-electron chi connectivity index (χ1n) is 7.89. The Morgan fingerprint density at radius 3 is 2.64 bits per heavy atom. The summed E-state index contributed by atoms with van der Waals surface area (Å²) >= 11 is 0. The molecule has 22 heavy (non-hydrogen) atoms. The van der Waals surface area contributed by atoms with Crippen LogP contribution in [0.5, 0.6) is 0 Å². The van der Waals surface area contributed by atoms with Gasteiger partial charge in [0.2, 0.25) is 0 Å². The highest BCUT2D eigenvalue weighted by molar-refractivity contribution is 5.89. The number of methoxy groups -OCH3 is 1. The molecule has 2 aromatic heterocycles. The first-order chi connectivity index (χ1) is 10.6. The quantitative estimate of drug-likeness (QED) is 0.818. The maximum atomic E-state index is 11.6. The predicted molar refractivity (Wildman–Crippen MR) is 85.2 cm³/mol. The third-order valence-electron chi connectivity index (χ3n) is 4.57. The molecule has 0 amide bonds. The van der Waals surface area contributed by atoms with Crippen molar-refractivity contribution in [1.82, 2.24) is 14.3 Å². The molecule has 0 aliphatic carbocycles. The van der Waals surface area contributed by atoms with Crippen LogP contribution in [-0.4, -0.2) is 46.5 Å². The van der Waals surface area contributed by atoms with E-state index in [1.165, 1.54) is 7.11 Å². The number of piperidine rings is 1. The van der Waals surface area contributed by atoms with Crippen LogP contribution in [0.15, 0.2) is 24.5 Å². The highest BCUT2D eigenvalue weighted by Crippen LogP contribution is 2.28. The summed E-state index contributed by atoms with van der Waals surface area (Å²) in [5.41, 5.74) is 2.56. The molecule has 3 rings (SSSR count).